The first-order valence-electron chi connectivity index (χ1n) is 5.35. The van der Waals surface area contributed by atoms with Crippen LogP contribution in [-0.4, -0.2) is 17.2 Å². The van der Waals surface area contributed by atoms with Gasteiger partial charge in [-0.15, -0.1) is 0 Å². The number of methoxy groups -OCH3 is 1. The van der Waals surface area contributed by atoms with E-state index in [1.165, 1.54) is 7.11 Å². The molecule has 1 aromatic carbocycles. The van der Waals surface area contributed by atoms with Crippen molar-refractivity contribution in [1.29, 1.82) is 0 Å². The number of hydrogen-bond donors (Lipinski definition) is 2. The number of aromatic nitrogens is 1. The second-order valence-electron chi connectivity index (χ2n) is 3.77. The minimum absolute atomic E-state index is 0.419. The maximum Gasteiger partial charge on any atom is 0.143 e. The molecule has 18 heavy (non-hydrogen) atoms. The first-order chi connectivity index (χ1) is 8.63. The third-order valence-corrected chi connectivity index (χ3v) is 2.86. The topological polar surface area (TPSA) is 68.4 Å². The van der Waals surface area contributed by atoms with Crippen molar-refractivity contribution < 1.29 is 9.84 Å². The number of nitrogens with zero attached hydrogens (tertiary/aromatic N) is 1. The summed E-state index contributed by atoms with van der Waals surface area (Å²) in [4.78, 5) is 4.13. The van der Waals surface area contributed by atoms with E-state index in [1.807, 2.05) is 0 Å². The first-order valence-corrected chi connectivity index (χ1v) is 5.73. The van der Waals surface area contributed by atoms with Gasteiger partial charge in [-0.3, -0.25) is 4.98 Å². The lowest BCUT2D eigenvalue weighted by Gasteiger charge is -2.15. The van der Waals surface area contributed by atoms with Gasteiger partial charge in [-0.2, -0.15) is 0 Å². The summed E-state index contributed by atoms with van der Waals surface area (Å²) in [6.45, 7) is 0. The molecule has 1 atom stereocenters. The Bertz CT molecular complexity index is 560. The quantitative estimate of drug-likeness (QED) is 0.836. The molecule has 0 aliphatic rings. The minimum atomic E-state index is -0.946. The zero-order chi connectivity index (χ0) is 13.1. The van der Waals surface area contributed by atoms with E-state index >= 15 is 0 Å². The van der Waals surface area contributed by atoms with Crippen molar-refractivity contribution in [3.05, 3.63) is 52.8 Å². The predicted octanol–water partition coefficient (Wildman–Crippen LogP) is 2.41. The van der Waals surface area contributed by atoms with Crippen molar-refractivity contribution in [3.8, 4) is 5.75 Å². The zero-order valence-electron chi connectivity index (χ0n) is 9.80. The van der Waals surface area contributed by atoms with Crippen LogP contribution in [0.4, 0.5) is 5.69 Å². The number of hydrogen-bond acceptors (Lipinski definition) is 4. The zero-order valence-corrected chi connectivity index (χ0v) is 10.6. The molecule has 4 nitrogen and oxygen atoms in total. The lowest BCUT2D eigenvalue weighted by molar-refractivity contribution is 0.210. The maximum absolute atomic E-state index is 10.3. The number of aliphatic hydroxyl groups is 1. The van der Waals surface area contributed by atoms with Crippen LogP contribution in [0.25, 0.3) is 0 Å². The molecule has 94 valence electrons. The molecular formula is C13H13ClN2O2. The SMILES string of the molecule is COc1cccnc1C(O)c1ccc(Cl)cc1N. The van der Waals surface area contributed by atoms with Gasteiger partial charge < -0.3 is 15.6 Å². The van der Waals surface area contributed by atoms with E-state index in [-0.39, 0.29) is 0 Å². The maximum atomic E-state index is 10.3. The van der Waals surface area contributed by atoms with Crippen molar-refractivity contribution in [2.75, 3.05) is 12.8 Å². The largest absolute Gasteiger partial charge is 0.495 e. The Morgan fingerprint density at radius 1 is 1.39 bits per heavy atom. The minimum Gasteiger partial charge on any atom is -0.495 e. The normalized spacial score (nSPS) is 12.2. The molecule has 5 heteroatoms. The molecule has 0 spiro atoms. The Morgan fingerprint density at radius 3 is 2.83 bits per heavy atom. The number of pyridine rings is 1. The molecule has 0 saturated carbocycles. The van der Waals surface area contributed by atoms with Crippen molar-refractivity contribution in [2.24, 2.45) is 0 Å². The average molecular weight is 265 g/mol. The van der Waals surface area contributed by atoms with E-state index in [4.69, 9.17) is 22.1 Å². The highest BCUT2D eigenvalue weighted by Gasteiger charge is 2.18. The van der Waals surface area contributed by atoms with Crippen molar-refractivity contribution in [2.45, 2.75) is 6.10 Å². The fourth-order valence-electron chi connectivity index (χ4n) is 1.72. The summed E-state index contributed by atoms with van der Waals surface area (Å²) in [7, 11) is 1.53. The van der Waals surface area contributed by atoms with Gasteiger partial charge in [-0.05, 0) is 24.3 Å². The van der Waals surface area contributed by atoms with Gasteiger partial charge in [0.25, 0.3) is 0 Å². The average Bonchev–Trinajstić information content (AvgIpc) is 2.38. The Kier molecular flexibility index (Phi) is 3.69. The summed E-state index contributed by atoms with van der Waals surface area (Å²) < 4.78 is 5.16. The predicted molar refractivity (Wildman–Crippen MR) is 70.7 cm³/mol. The van der Waals surface area contributed by atoms with Crippen LogP contribution in [0.2, 0.25) is 5.02 Å². The van der Waals surface area contributed by atoms with Gasteiger partial charge in [0.15, 0.2) is 0 Å². The molecule has 0 bridgehead atoms. The van der Waals surface area contributed by atoms with Gasteiger partial charge in [0, 0.05) is 22.5 Å². The number of halogens is 1. The first kappa shape index (κ1) is 12.7. The Hall–Kier alpha value is -1.78. The van der Waals surface area contributed by atoms with E-state index < -0.39 is 6.10 Å². The van der Waals surface area contributed by atoms with E-state index in [0.29, 0.717) is 27.7 Å². The monoisotopic (exact) mass is 264 g/mol. The third kappa shape index (κ3) is 2.39. The van der Waals surface area contributed by atoms with Gasteiger partial charge in [-0.1, -0.05) is 17.7 Å². The van der Waals surface area contributed by atoms with E-state index in [0.717, 1.165) is 0 Å². The highest BCUT2D eigenvalue weighted by molar-refractivity contribution is 6.30. The van der Waals surface area contributed by atoms with Gasteiger partial charge in [0.2, 0.25) is 0 Å². The fraction of sp³-hybridized carbons (Fsp3) is 0.154. The molecule has 0 aliphatic heterocycles. The van der Waals surface area contributed by atoms with Gasteiger partial charge in [0.05, 0.1) is 7.11 Å². The molecule has 2 rings (SSSR count). The van der Waals surface area contributed by atoms with Crippen LogP contribution >= 0.6 is 11.6 Å². The standard InChI is InChI=1S/C13H13ClN2O2/c1-18-11-3-2-6-16-12(11)13(17)9-5-4-8(14)7-10(9)15/h2-7,13,17H,15H2,1H3. The Morgan fingerprint density at radius 2 is 2.17 bits per heavy atom. The summed E-state index contributed by atoms with van der Waals surface area (Å²) in [6, 6.07) is 8.41. The second-order valence-corrected chi connectivity index (χ2v) is 4.20. The van der Waals surface area contributed by atoms with Crippen LogP contribution in [0.3, 0.4) is 0 Å². The number of benzene rings is 1. The molecule has 0 amide bonds. The number of ether oxygens (including phenoxy) is 1. The van der Waals surface area contributed by atoms with Gasteiger partial charge in [0.1, 0.15) is 17.5 Å². The third-order valence-electron chi connectivity index (χ3n) is 2.62. The molecule has 1 aromatic heterocycles. The molecular weight excluding hydrogens is 252 g/mol. The second kappa shape index (κ2) is 5.25. The van der Waals surface area contributed by atoms with Crippen molar-refractivity contribution >= 4 is 17.3 Å². The fourth-order valence-corrected chi connectivity index (χ4v) is 1.90. The summed E-state index contributed by atoms with van der Waals surface area (Å²) in [5.41, 5.74) is 7.23. The van der Waals surface area contributed by atoms with Crippen molar-refractivity contribution in [1.82, 2.24) is 4.98 Å². The van der Waals surface area contributed by atoms with Crippen molar-refractivity contribution in [3.63, 3.8) is 0 Å². The lowest BCUT2D eigenvalue weighted by Crippen LogP contribution is -2.07. The molecule has 0 fully saturated rings. The van der Waals surface area contributed by atoms with Gasteiger partial charge >= 0.3 is 0 Å². The number of nitrogens with two attached hydrogens (primary N) is 1. The number of rotatable bonds is 3. The van der Waals surface area contributed by atoms with E-state index in [2.05, 4.69) is 4.98 Å². The lowest BCUT2D eigenvalue weighted by atomic mass is 10.0. The highest BCUT2D eigenvalue weighted by Crippen LogP contribution is 2.31. The number of aliphatic hydroxyl groups excluding tert-OH is 1. The molecule has 2 aromatic rings. The van der Waals surface area contributed by atoms with Crippen LogP contribution in [0, 0.1) is 0 Å². The smallest absolute Gasteiger partial charge is 0.143 e. The summed E-state index contributed by atoms with van der Waals surface area (Å²) >= 11 is 5.82. The van der Waals surface area contributed by atoms with Crippen LogP contribution < -0.4 is 10.5 Å². The number of nitrogen functional groups attached to an aromatic ring is 1. The van der Waals surface area contributed by atoms with E-state index in [1.54, 1.807) is 36.5 Å². The van der Waals surface area contributed by atoms with Crippen LogP contribution in [0.15, 0.2) is 36.5 Å². The summed E-state index contributed by atoms with van der Waals surface area (Å²) in [5.74, 6) is 0.513. The number of anilines is 1. The Balaban J connectivity index is 2.44. The molecule has 3 N–H and O–H groups in total. The summed E-state index contributed by atoms with van der Waals surface area (Å²) in [5, 5.41) is 10.8. The molecule has 1 unspecified atom stereocenters. The molecule has 0 aliphatic carbocycles. The molecule has 0 saturated heterocycles. The van der Waals surface area contributed by atoms with Crippen LogP contribution in [-0.2, 0) is 0 Å². The Labute approximate surface area is 110 Å². The van der Waals surface area contributed by atoms with Crippen LogP contribution in [0.5, 0.6) is 5.75 Å². The molecule has 0 radical (unpaired) electrons. The van der Waals surface area contributed by atoms with E-state index in [9.17, 15) is 5.11 Å². The summed E-state index contributed by atoms with van der Waals surface area (Å²) in [6.07, 6.45) is 0.645. The highest BCUT2D eigenvalue weighted by atomic mass is 35.5. The van der Waals surface area contributed by atoms with Crippen LogP contribution in [0.1, 0.15) is 17.4 Å². The molecule has 1 heterocycles. The van der Waals surface area contributed by atoms with Gasteiger partial charge in [-0.25, -0.2) is 0 Å².